The lowest BCUT2D eigenvalue weighted by molar-refractivity contribution is 0.220. The van der Waals surface area contributed by atoms with Crippen molar-refractivity contribution in [1.29, 1.82) is 0 Å². The minimum atomic E-state index is -0.533. The number of rotatable bonds is 2. The predicted octanol–water partition coefficient (Wildman–Crippen LogP) is 3.69. The van der Waals surface area contributed by atoms with Crippen LogP contribution in [-0.4, -0.2) is 5.11 Å². The highest BCUT2D eigenvalue weighted by Crippen LogP contribution is 2.24. The van der Waals surface area contributed by atoms with Crippen LogP contribution in [0.15, 0.2) is 42.5 Å². The summed E-state index contributed by atoms with van der Waals surface area (Å²) in [4.78, 5) is 0. The van der Waals surface area contributed by atoms with Crippen molar-refractivity contribution in [2.75, 3.05) is 0 Å². The van der Waals surface area contributed by atoms with E-state index in [1.54, 1.807) is 0 Å². The minimum absolute atomic E-state index is 0.533. The predicted molar refractivity (Wildman–Crippen MR) is 71.2 cm³/mol. The quantitative estimate of drug-likeness (QED) is 0.828. The number of hydrogen-bond acceptors (Lipinski definition) is 1. The molecule has 0 unspecified atom stereocenters. The second-order valence-corrected chi connectivity index (χ2v) is 4.66. The largest absolute Gasteiger partial charge is 0.384 e. The minimum Gasteiger partial charge on any atom is -0.384 e. The van der Waals surface area contributed by atoms with Gasteiger partial charge in [-0.15, -0.1) is 0 Å². The Morgan fingerprint density at radius 1 is 0.824 bits per heavy atom. The fourth-order valence-corrected chi connectivity index (χ4v) is 1.97. The maximum absolute atomic E-state index is 10.3. The van der Waals surface area contributed by atoms with Crippen molar-refractivity contribution in [3.8, 4) is 0 Å². The van der Waals surface area contributed by atoms with Crippen molar-refractivity contribution in [3.05, 3.63) is 70.3 Å². The van der Waals surface area contributed by atoms with Crippen LogP contribution in [0.4, 0.5) is 0 Å². The highest BCUT2D eigenvalue weighted by Gasteiger charge is 2.10. The summed E-state index contributed by atoms with van der Waals surface area (Å²) < 4.78 is 0. The fraction of sp³-hybridized carbons (Fsp3) is 0.250. The van der Waals surface area contributed by atoms with Gasteiger partial charge >= 0.3 is 0 Å². The molecule has 88 valence electrons. The van der Waals surface area contributed by atoms with Crippen molar-refractivity contribution < 1.29 is 5.11 Å². The molecule has 2 rings (SSSR count). The zero-order valence-corrected chi connectivity index (χ0v) is 10.6. The molecule has 0 amide bonds. The van der Waals surface area contributed by atoms with E-state index in [1.165, 1.54) is 16.7 Å². The second-order valence-electron chi connectivity index (χ2n) is 4.66. The molecule has 0 aliphatic carbocycles. The van der Waals surface area contributed by atoms with Gasteiger partial charge in [0, 0.05) is 0 Å². The SMILES string of the molecule is Cc1cccc([C@@H](O)c2ccc(C)c(C)c2)c1. The lowest BCUT2D eigenvalue weighted by atomic mass is 9.97. The summed E-state index contributed by atoms with van der Waals surface area (Å²) in [5, 5.41) is 10.3. The van der Waals surface area contributed by atoms with E-state index in [-0.39, 0.29) is 0 Å². The summed E-state index contributed by atoms with van der Waals surface area (Å²) in [6.45, 7) is 6.19. The Labute approximate surface area is 103 Å². The first kappa shape index (κ1) is 11.9. The normalized spacial score (nSPS) is 12.5. The third kappa shape index (κ3) is 2.56. The zero-order valence-electron chi connectivity index (χ0n) is 10.6. The third-order valence-electron chi connectivity index (χ3n) is 3.20. The van der Waals surface area contributed by atoms with Crippen LogP contribution in [0, 0.1) is 20.8 Å². The summed E-state index contributed by atoms with van der Waals surface area (Å²) >= 11 is 0. The summed E-state index contributed by atoms with van der Waals surface area (Å²) in [5.41, 5.74) is 5.55. The molecule has 0 aliphatic heterocycles. The summed E-state index contributed by atoms with van der Waals surface area (Å²) in [5.74, 6) is 0. The summed E-state index contributed by atoms with van der Waals surface area (Å²) in [6, 6.07) is 14.1. The van der Waals surface area contributed by atoms with Gasteiger partial charge in [-0.3, -0.25) is 0 Å². The average Bonchev–Trinajstić information content (AvgIpc) is 2.32. The van der Waals surface area contributed by atoms with Crippen molar-refractivity contribution in [1.82, 2.24) is 0 Å². The Kier molecular flexibility index (Phi) is 3.30. The molecule has 0 heterocycles. The Hall–Kier alpha value is -1.60. The number of aryl methyl sites for hydroxylation is 3. The van der Waals surface area contributed by atoms with Gasteiger partial charge < -0.3 is 5.11 Å². The molecule has 0 aromatic heterocycles. The van der Waals surface area contributed by atoms with Crippen LogP contribution in [0.1, 0.15) is 33.9 Å². The Morgan fingerprint density at radius 3 is 2.18 bits per heavy atom. The fourth-order valence-electron chi connectivity index (χ4n) is 1.97. The topological polar surface area (TPSA) is 20.2 Å². The van der Waals surface area contributed by atoms with E-state index in [4.69, 9.17) is 0 Å². The molecule has 1 nitrogen and oxygen atoms in total. The molecule has 0 aliphatic rings. The van der Waals surface area contributed by atoms with Gasteiger partial charge in [0.25, 0.3) is 0 Å². The number of benzene rings is 2. The van der Waals surface area contributed by atoms with Crippen LogP contribution >= 0.6 is 0 Å². The van der Waals surface area contributed by atoms with E-state index in [1.807, 2.05) is 37.3 Å². The van der Waals surface area contributed by atoms with Crippen molar-refractivity contribution in [2.45, 2.75) is 26.9 Å². The van der Waals surface area contributed by atoms with Gasteiger partial charge in [0.15, 0.2) is 0 Å². The molecule has 0 fully saturated rings. The maximum Gasteiger partial charge on any atom is 0.104 e. The third-order valence-corrected chi connectivity index (χ3v) is 3.20. The Balaban J connectivity index is 2.36. The summed E-state index contributed by atoms with van der Waals surface area (Å²) in [6.07, 6.45) is -0.533. The molecule has 2 aromatic rings. The molecule has 2 aromatic carbocycles. The molecule has 1 atom stereocenters. The molecule has 0 radical (unpaired) electrons. The second kappa shape index (κ2) is 4.72. The zero-order chi connectivity index (χ0) is 12.4. The Morgan fingerprint density at radius 2 is 1.53 bits per heavy atom. The highest BCUT2D eigenvalue weighted by molar-refractivity contribution is 5.36. The van der Waals surface area contributed by atoms with Gasteiger partial charge in [-0.25, -0.2) is 0 Å². The van der Waals surface area contributed by atoms with Crippen molar-refractivity contribution in [2.24, 2.45) is 0 Å². The van der Waals surface area contributed by atoms with Gasteiger partial charge in [0.05, 0.1) is 0 Å². The highest BCUT2D eigenvalue weighted by atomic mass is 16.3. The first-order valence-corrected chi connectivity index (χ1v) is 5.89. The van der Waals surface area contributed by atoms with E-state index in [0.717, 1.165) is 11.1 Å². The van der Waals surface area contributed by atoms with Crippen LogP contribution < -0.4 is 0 Å². The molecule has 1 heteroatoms. The molecule has 0 bridgehead atoms. The van der Waals surface area contributed by atoms with Gasteiger partial charge in [-0.05, 0) is 43.0 Å². The van der Waals surface area contributed by atoms with E-state index in [2.05, 4.69) is 26.0 Å². The van der Waals surface area contributed by atoms with E-state index < -0.39 is 6.10 Å². The van der Waals surface area contributed by atoms with Gasteiger partial charge in [0.2, 0.25) is 0 Å². The lowest BCUT2D eigenvalue weighted by Crippen LogP contribution is -2.00. The van der Waals surface area contributed by atoms with E-state index >= 15 is 0 Å². The van der Waals surface area contributed by atoms with Crippen molar-refractivity contribution >= 4 is 0 Å². The van der Waals surface area contributed by atoms with E-state index in [9.17, 15) is 5.11 Å². The molecule has 0 spiro atoms. The maximum atomic E-state index is 10.3. The molecular formula is C16H18O. The van der Waals surface area contributed by atoms with Crippen LogP contribution in [-0.2, 0) is 0 Å². The molecule has 0 saturated heterocycles. The smallest absolute Gasteiger partial charge is 0.104 e. The Bertz CT molecular complexity index is 529. The van der Waals surface area contributed by atoms with Crippen LogP contribution in [0.5, 0.6) is 0 Å². The van der Waals surface area contributed by atoms with Crippen LogP contribution in [0.3, 0.4) is 0 Å². The van der Waals surface area contributed by atoms with E-state index in [0.29, 0.717) is 0 Å². The first-order valence-electron chi connectivity index (χ1n) is 5.89. The van der Waals surface area contributed by atoms with Crippen LogP contribution in [0.2, 0.25) is 0 Å². The van der Waals surface area contributed by atoms with Gasteiger partial charge in [-0.1, -0.05) is 48.0 Å². The van der Waals surface area contributed by atoms with Crippen LogP contribution in [0.25, 0.3) is 0 Å². The molecule has 0 saturated carbocycles. The monoisotopic (exact) mass is 226 g/mol. The standard InChI is InChI=1S/C16H18O/c1-11-5-4-6-14(9-11)16(17)15-8-7-12(2)13(3)10-15/h4-10,16-17H,1-3H3/t16-/m1/s1. The average molecular weight is 226 g/mol. The number of aliphatic hydroxyl groups excluding tert-OH is 1. The van der Waals surface area contributed by atoms with Gasteiger partial charge in [-0.2, -0.15) is 0 Å². The lowest BCUT2D eigenvalue weighted by Gasteiger charge is -2.13. The summed E-state index contributed by atoms with van der Waals surface area (Å²) in [7, 11) is 0. The molecular weight excluding hydrogens is 208 g/mol. The number of hydrogen-bond donors (Lipinski definition) is 1. The molecule has 1 N–H and O–H groups in total. The molecule has 17 heavy (non-hydrogen) atoms. The number of aliphatic hydroxyl groups is 1. The van der Waals surface area contributed by atoms with Gasteiger partial charge in [0.1, 0.15) is 6.10 Å². The first-order chi connectivity index (χ1) is 8.08. The van der Waals surface area contributed by atoms with Crippen molar-refractivity contribution in [3.63, 3.8) is 0 Å².